The van der Waals surface area contributed by atoms with Gasteiger partial charge < -0.3 is 5.32 Å². The lowest BCUT2D eigenvalue weighted by molar-refractivity contribution is 0.442. The molecule has 0 aliphatic carbocycles. The number of halogens is 1. The molecule has 96 valence electrons. The van der Waals surface area contributed by atoms with Crippen LogP contribution < -0.4 is 5.32 Å². The molecule has 1 aromatic rings. The quantitative estimate of drug-likeness (QED) is 0.849. The second-order valence-electron chi connectivity index (χ2n) is 5.33. The number of hydrogen-bond donors (Lipinski definition) is 1. The Morgan fingerprint density at radius 2 is 1.88 bits per heavy atom. The van der Waals surface area contributed by atoms with E-state index in [2.05, 4.69) is 5.32 Å². The molecule has 1 N–H and O–H groups in total. The average Bonchev–Trinajstić information content (AvgIpc) is 2.13. The minimum atomic E-state index is -3.30. The normalized spacial score (nSPS) is 12.5. The van der Waals surface area contributed by atoms with Crippen molar-refractivity contribution in [3.63, 3.8) is 0 Å². The Hall–Kier alpha value is -1.10. The number of benzene rings is 1. The summed E-state index contributed by atoms with van der Waals surface area (Å²) in [4.78, 5) is 0.121. The van der Waals surface area contributed by atoms with E-state index < -0.39 is 15.7 Å². The van der Waals surface area contributed by atoms with Gasteiger partial charge in [-0.1, -0.05) is 20.8 Å². The van der Waals surface area contributed by atoms with Crippen LogP contribution in [0.25, 0.3) is 0 Å². The molecule has 0 amide bonds. The number of sulfone groups is 1. The van der Waals surface area contributed by atoms with Gasteiger partial charge in [-0.2, -0.15) is 0 Å². The van der Waals surface area contributed by atoms with Crippen LogP contribution >= 0.6 is 0 Å². The largest absolute Gasteiger partial charge is 0.382 e. The van der Waals surface area contributed by atoms with E-state index in [-0.39, 0.29) is 16.0 Å². The van der Waals surface area contributed by atoms with Gasteiger partial charge in [0.2, 0.25) is 0 Å². The van der Waals surface area contributed by atoms with Crippen LogP contribution in [0.4, 0.5) is 10.1 Å². The number of hydrogen-bond acceptors (Lipinski definition) is 3. The summed E-state index contributed by atoms with van der Waals surface area (Å²) in [6.45, 7) is 6.60. The molecule has 0 heterocycles. The predicted molar refractivity (Wildman–Crippen MR) is 67.5 cm³/mol. The highest BCUT2D eigenvalue weighted by Gasteiger charge is 2.14. The lowest BCUT2D eigenvalue weighted by Gasteiger charge is -2.20. The Kier molecular flexibility index (Phi) is 3.81. The molecule has 1 rings (SSSR count). The van der Waals surface area contributed by atoms with Crippen molar-refractivity contribution in [2.45, 2.75) is 25.7 Å². The second-order valence-corrected chi connectivity index (χ2v) is 7.34. The maximum absolute atomic E-state index is 13.5. The second kappa shape index (κ2) is 4.64. The molecule has 3 nitrogen and oxygen atoms in total. The van der Waals surface area contributed by atoms with Gasteiger partial charge in [-0.3, -0.25) is 0 Å². The Morgan fingerprint density at radius 3 is 2.35 bits per heavy atom. The molecular formula is C12H18FNO2S. The molecule has 0 saturated heterocycles. The van der Waals surface area contributed by atoms with Gasteiger partial charge in [0.25, 0.3) is 0 Å². The zero-order valence-electron chi connectivity index (χ0n) is 10.5. The summed E-state index contributed by atoms with van der Waals surface area (Å²) in [7, 11) is -3.30. The van der Waals surface area contributed by atoms with Crippen molar-refractivity contribution in [2.75, 3.05) is 18.1 Å². The lowest BCUT2D eigenvalue weighted by atomic mass is 9.97. The molecule has 0 spiro atoms. The van der Waals surface area contributed by atoms with E-state index in [0.29, 0.717) is 6.54 Å². The SMILES string of the molecule is CC(C)(C)CNc1cc(S(C)(=O)=O)ccc1F. The van der Waals surface area contributed by atoms with Crippen LogP contribution in [-0.2, 0) is 9.84 Å². The smallest absolute Gasteiger partial charge is 0.175 e. The van der Waals surface area contributed by atoms with Crippen LogP contribution in [0.1, 0.15) is 20.8 Å². The van der Waals surface area contributed by atoms with E-state index in [9.17, 15) is 12.8 Å². The fourth-order valence-corrected chi connectivity index (χ4v) is 1.88. The fraction of sp³-hybridized carbons (Fsp3) is 0.500. The van der Waals surface area contributed by atoms with Crippen LogP contribution in [-0.4, -0.2) is 21.2 Å². The summed E-state index contributed by atoms with van der Waals surface area (Å²) < 4.78 is 36.2. The minimum absolute atomic E-state index is 0.00641. The van der Waals surface area contributed by atoms with Crippen LogP contribution in [0, 0.1) is 11.2 Å². The summed E-state index contributed by atoms with van der Waals surface area (Å²) in [5, 5.41) is 2.93. The average molecular weight is 259 g/mol. The Morgan fingerprint density at radius 1 is 1.29 bits per heavy atom. The van der Waals surface area contributed by atoms with Gasteiger partial charge in [0.1, 0.15) is 5.82 Å². The van der Waals surface area contributed by atoms with Crippen molar-refractivity contribution < 1.29 is 12.8 Å². The van der Waals surface area contributed by atoms with Crippen LogP contribution in [0.3, 0.4) is 0 Å². The van der Waals surface area contributed by atoms with Gasteiger partial charge in [0, 0.05) is 12.8 Å². The summed E-state index contributed by atoms with van der Waals surface area (Å²) in [6, 6.07) is 3.77. The Labute approximate surface area is 102 Å². The van der Waals surface area contributed by atoms with Gasteiger partial charge >= 0.3 is 0 Å². The highest BCUT2D eigenvalue weighted by atomic mass is 32.2. The molecule has 0 fully saturated rings. The summed E-state index contributed by atoms with van der Waals surface area (Å²) >= 11 is 0. The molecule has 0 radical (unpaired) electrons. The minimum Gasteiger partial charge on any atom is -0.382 e. The van der Waals surface area contributed by atoms with Crippen molar-refractivity contribution in [3.8, 4) is 0 Å². The first kappa shape index (κ1) is 14.0. The first-order valence-electron chi connectivity index (χ1n) is 5.33. The van der Waals surface area contributed by atoms with Gasteiger partial charge in [-0.25, -0.2) is 12.8 Å². The monoisotopic (exact) mass is 259 g/mol. The maximum Gasteiger partial charge on any atom is 0.175 e. The standard InChI is InChI=1S/C12H18FNO2S/c1-12(2,3)8-14-11-7-9(17(4,15)16)5-6-10(11)13/h5-7,14H,8H2,1-4H3. The fourth-order valence-electron chi connectivity index (χ4n) is 1.23. The summed E-state index contributed by atoms with van der Waals surface area (Å²) in [5.41, 5.74) is 0.218. The Bertz CT molecular complexity index is 504. The van der Waals surface area contributed by atoms with Crippen LogP contribution in [0.2, 0.25) is 0 Å². The molecule has 0 aliphatic heterocycles. The van der Waals surface area contributed by atoms with E-state index in [1.165, 1.54) is 18.2 Å². The van der Waals surface area contributed by atoms with Gasteiger partial charge in [0.15, 0.2) is 9.84 Å². The summed E-state index contributed by atoms with van der Waals surface area (Å²) in [5.74, 6) is -0.443. The number of anilines is 1. The topological polar surface area (TPSA) is 46.2 Å². The molecule has 0 unspecified atom stereocenters. The van der Waals surface area contributed by atoms with Crippen LogP contribution in [0.15, 0.2) is 23.1 Å². The molecule has 5 heteroatoms. The number of nitrogens with one attached hydrogen (secondary N) is 1. The van der Waals surface area contributed by atoms with Crippen molar-refractivity contribution in [1.29, 1.82) is 0 Å². The Balaban J connectivity index is 3.00. The van der Waals surface area contributed by atoms with Gasteiger partial charge in [-0.15, -0.1) is 0 Å². The molecular weight excluding hydrogens is 241 g/mol. The zero-order valence-corrected chi connectivity index (χ0v) is 11.4. The highest BCUT2D eigenvalue weighted by Crippen LogP contribution is 2.21. The maximum atomic E-state index is 13.5. The first-order valence-corrected chi connectivity index (χ1v) is 7.22. The highest BCUT2D eigenvalue weighted by molar-refractivity contribution is 7.90. The molecule has 0 bridgehead atoms. The van der Waals surface area contributed by atoms with Crippen molar-refractivity contribution in [3.05, 3.63) is 24.0 Å². The van der Waals surface area contributed by atoms with Crippen LogP contribution in [0.5, 0.6) is 0 Å². The van der Waals surface area contributed by atoms with Gasteiger partial charge in [0.05, 0.1) is 10.6 Å². The number of rotatable bonds is 3. The van der Waals surface area contributed by atoms with E-state index in [4.69, 9.17) is 0 Å². The predicted octanol–water partition coefficient (Wildman–Crippen LogP) is 2.69. The third kappa shape index (κ3) is 4.34. The molecule has 0 saturated carbocycles. The van der Waals surface area contributed by atoms with Gasteiger partial charge in [-0.05, 0) is 23.6 Å². The van der Waals surface area contributed by atoms with E-state index >= 15 is 0 Å². The first-order chi connectivity index (χ1) is 7.59. The van der Waals surface area contributed by atoms with Crippen molar-refractivity contribution in [2.24, 2.45) is 5.41 Å². The van der Waals surface area contributed by atoms with Crippen molar-refractivity contribution in [1.82, 2.24) is 0 Å². The molecule has 0 aliphatic rings. The van der Waals surface area contributed by atoms with E-state index in [0.717, 1.165) is 6.26 Å². The molecule has 17 heavy (non-hydrogen) atoms. The van der Waals surface area contributed by atoms with Crippen molar-refractivity contribution >= 4 is 15.5 Å². The molecule has 0 atom stereocenters. The zero-order chi connectivity index (χ0) is 13.3. The third-order valence-corrected chi connectivity index (χ3v) is 3.29. The van der Waals surface area contributed by atoms with E-state index in [1.54, 1.807) is 0 Å². The summed E-state index contributed by atoms with van der Waals surface area (Å²) in [6.07, 6.45) is 1.10. The van der Waals surface area contributed by atoms with E-state index in [1.807, 2.05) is 20.8 Å². The molecule has 1 aromatic carbocycles. The third-order valence-electron chi connectivity index (χ3n) is 2.18. The lowest BCUT2D eigenvalue weighted by Crippen LogP contribution is -2.19. The molecule has 0 aromatic heterocycles.